The van der Waals surface area contributed by atoms with Gasteiger partial charge in [-0.3, -0.25) is 4.79 Å². The van der Waals surface area contributed by atoms with Gasteiger partial charge in [-0.2, -0.15) is 0 Å². The summed E-state index contributed by atoms with van der Waals surface area (Å²) in [4.78, 5) is 16.7. The number of rotatable bonds is 4. The van der Waals surface area contributed by atoms with E-state index in [1.807, 2.05) is 24.3 Å². The van der Waals surface area contributed by atoms with Gasteiger partial charge in [-0.15, -0.1) is 11.8 Å². The number of carbonyl (C=O) groups is 1. The molecule has 1 aromatic carbocycles. The Morgan fingerprint density at radius 2 is 2.05 bits per heavy atom. The third-order valence-electron chi connectivity index (χ3n) is 2.22. The molecule has 2 aromatic rings. The number of pyridine rings is 1. The normalized spacial score (nSPS) is 10.2. The molecule has 0 spiro atoms. The number of amides is 1. The lowest BCUT2D eigenvalue weighted by atomic mass is 10.4. The second-order valence-corrected chi connectivity index (χ2v) is 5.95. The van der Waals surface area contributed by atoms with E-state index in [1.165, 1.54) is 11.8 Å². The summed E-state index contributed by atoms with van der Waals surface area (Å²) in [5, 5.41) is 3.02. The van der Waals surface area contributed by atoms with Gasteiger partial charge in [-0.1, -0.05) is 27.5 Å². The van der Waals surface area contributed by atoms with Gasteiger partial charge in [0.2, 0.25) is 5.91 Å². The van der Waals surface area contributed by atoms with Gasteiger partial charge in [0, 0.05) is 15.6 Å². The second-order valence-electron chi connectivity index (χ2n) is 3.63. The molecule has 98 valence electrons. The molecule has 1 heterocycles. The second kappa shape index (κ2) is 6.93. The molecule has 0 bridgehead atoms. The fourth-order valence-electron chi connectivity index (χ4n) is 1.35. The summed E-state index contributed by atoms with van der Waals surface area (Å²) in [7, 11) is 0. The summed E-state index contributed by atoms with van der Waals surface area (Å²) in [6.45, 7) is 0. The van der Waals surface area contributed by atoms with Gasteiger partial charge in [0.25, 0.3) is 0 Å². The first-order valence-electron chi connectivity index (χ1n) is 5.44. The number of benzene rings is 1. The van der Waals surface area contributed by atoms with Crippen molar-refractivity contribution in [3.8, 4) is 0 Å². The van der Waals surface area contributed by atoms with E-state index in [0.29, 0.717) is 16.6 Å². The predicted molar refractivity (Wildman–Crippen MR) is 82.7 cm³/mol. The maximum Gasteiger partial charge on any atom is 0.234 e. The first-order valence-corrected chi connectivity index (χ1v) is 7.59. The Morgan fingerprint density at radius 1 is 1.32 bits per heavy atom. The van der Waals surface area contributed by atoms with Crippen LogP contribution >= 0.6 is 39.3 Å². The highest BCUT2D eigenvalue weighted by atomic mass is 79.9. The van der Waals surface area contributed by atoms with Crippen molar-refractivity contribution < 1.29 is 4.79 Å². The van der Waals surface area contributed by atoms with Crippen molar-refractivity contribution in [3.63, 3.8) is 0 Å². The topological polar surface area (TPSA) is 42.0 Å². The van der Waals surface area contributed by atoms with Crippen LogP contribution in [0.1, 0.15) is 0 Å². The van der Waals surface area contributed by atoms with Crippen molar-refractivity contribution in [2.45, 2.75) is 4.90 Å². The standard InChI is InChI=1S/C13H10BrClN2OS/c14-9-3-5-10(6-4-9)19-8-12(18)17-11-2-1-7-16-13(11)15/h1-7H,8H2,(H,17,18). The largest absolute Gasteiger partial charge is 0.323 e. The van der Waals surface area contributed by atoms with E-state index in [1.54, 1.807) is 18.3 Å². The van der Waals surface area contributed by atoms with Crippen molar-refractivity contribution in [2.75, 3.05) is 11.1 Å². The van der Waals surface area contributed by atoms with Crippen molar-refractivity contribution >= 4 is 50.9 Å². The predicted octanol–water partition coefficient (Wildman–Crippen LogP) is 4.23. The van der Waals surface area contributed by atoms with E-state index in [-0.39, 0.29) is 5.91 Å². The molecule has 0 radical (unpaired) electrons. The molecule has 1 amide bonds. The summed E-state index contributed by atoms with van der Waals surface area (Å²) in [5.74, 6) is 0.218. The van der Waals surface area contributed by atoms with Gasteiger partial charge >= 0.3 is 0 Å². The summed E-state index contributed by atoms with van der Waals surface area (Å²) < 4.78 is 1.02. The molecule has 6 heteroatoms. The van der Waals surface area contributed by atoms with Gasteiger partial charge < -0.3 is 5.32 Å². The lowest BCUT2D eigenvalue weighted by Crippen LogP contribution is -2.14. The van der Waals surface area contributed by atoms with Gasteiger partial charge in [0.05, 0.1) is 11.4 Å². The Labute approximate surface area is 128 Å². The summed E-state index contributed by atoms with van der Waals surface area (Å²) >= 11 is 10.7. The first kappa shape index (κ1) is 14.4. The highest BCUT2D eigenvalue weighted by Gasteiger charge is 2.06. The molecule has 1 N–H and O–H groups in total. The van der Waals surface area contributed by atoms with E-state index in [4.69, 9.17) is 11.6 Å². The van der Waals surface area contributed by atoms with Crippen LogP contribution in [0.5, 0.6) is 0 Å². The number of thioether (sulfide) groups is 1. The van der Waals surface area contributed by atoms with Gasteiger partial charge in [-0.05, 0) is 36.4 Å². The minimum Gasteiger partial charge on any atom is -0.323 e. The molecule has 0 fully saturated rings. The third-order valence-corrected chi connectivity index (χ3v) is 4.06. The van der Waals surface area contributed by atoms with Gasteiger partial charge in [0.15, 0.2) is 5.15 Å². The minimum atomic E-state index is -0.109. The van der Waals surface area contributed by atoms with E-state index < -0.39 is 0 Å². The molecular weight excluding hydrogens is 348 g/mol. The van der Waals surface area contributed by atoms with E-state index in [2.05, 4.69) is 26.2 Å². The monoisotopic (exact) mass is 356 g/mol. The Balaban J connectivity index is 1.88. The third kappa shape index (κ3) is 4.53. The lowest BCUT2D eigenvalue weighted by Gasteiger charge is -2.06. The maximum absolute atomic E-state index is 11.8. The van der Waals surface area contributed by atoms with Crippen LogP contribution in [-0.4, -0.2) is 16.6 Å². The molecule has 0 aliphatic rings. The van der Waals surface area contributed by atoms with E-state index in [9.17, 15) is 4.79 Å². The van der Waals surface area contributed by atoms with Crippen molar-refractivity contribution in [1.29, 1.82) is 0 Å². The van der Waals surface area contributed by atoms with Crippen LogP contribution in [-0.2, 0) is 4.79 Å². The molecule has 0 saturated carbocycles. The zero-order valence-corrected chi connectivity index (χ0v) is 12.9. The molecular formula is C13H10BrClN2OS. The van der Waals surface area contributed by atoms with Crippen LogP contribution in [0.2, 0.25) is 5.15 Å². The number of nitrogens with one attached hydrogen (secondary N) is 1. The number of nitrogens with zero attached hydrogens (tertiary/aromatic N) is 1. The van der Waals surface area contributed by atoms with Crippen LogP contribution < -0.4 is 5.32 Å². The van der Waals surface area contributed by atoms with Gasteiger partial charge in [0.1, 0.15) is 0 Å². The van der Waals surface area contributed by atoms with Crippen LogP contribution in [0.25, 0.3) is 0 Å². The number of hydrogen-bond donors (Lipinski definition) is 1. The quantitative estimate of drug-likeness (QED) is 0.658. The minimum absolute atomic E-state index is 0.109. The van der Waals surface area contributed by atoms with Crippen LogP contribution in [0.15, 0.2) is 52.0 Å². The van der Waals surface area contributed by atoms with E-state index >= 15 is 0 Å². The van der Waals surface area contributed by atoms with Crippen LogP contribution in [0.3, 0.4) is 0 Å². The number of aromatic nitrogens is 1. The lowest BCUT2D eigenvalue weighted by molar-refractivity contribution is -0.113. The zero-order chi connectivity index (χ0) is 13.7. The van der Waals surface area contributed by atoms with Crippen molar-refractivity contribution in [3.05, 3.63) is 52.2 Å². The fourth-order valence-corrected chi connectivity index (χ4v) is 2.47. The molecule has 0 aliphatic heterocycles. The summed E-state index contributed by atoms with van der Waals surface area (Å²) in [6, 6.07) is 11.2. The number of anilines is 1. The molecule has 0 saturated heterocycles. The highest BCUT2D eigenvalue weighted by molar-refractivity contribution is 9.10. The Bertz CT molecular complexity index is 577. The molecule has 19 heavy (non-hydrogen) atoms. The average molecular weight is 358 g/mol. The Kier molecular flexibility index (Phi) is 5.24. The molecule has 0 atom stereocenters. The maximum atomic E-state index is 11.8. The smallest absolute Gasteiger partial charge is 0.234 e. The number of halogens is 2. The average Bonchev–Trinajstić information content (AvgIpc) is 2.41. The molecule has 0 unspecified atom stereocenters. The first-order chi connectivity index (χ1) is 9.15. The number of hydrogen-bond acceptors (Lipinski definition) is 3. The van der Waals surface area contributed by atoms with Crippen LogP contribution in [0, 0.1) is 0 Å². The molecule has 0 aliphatic carbocycles. The van der Waals surface area contributed by atoms with Crippen molar-refractivity contribution in [2.24, 2.45) is 0 Å². The summed E-state index contributed by atoms with van der Waals surface area (Å²) in [5.41, 5.74) is 0.533. The Morgan fingerprint density at radius 3 is 2.74 bits per heavy atom. The zero-order valence-electron chi connectivity index (χ0n) is 9.77. The van der Waals surface area contributed by atoms with Gasteiger partial charge in [-0.25, -0.2) is 4.98 Å². The van der Waals surface area contributed by atoms with Crippen LogP contribution in [0.4, 0.5) is 5.69 Å². The summed E-state index contributed by atoms with van der Waals surface area (Å²) in [6.07, 6.45) is 1.58. The highest BCUT2D eigenvalue weighted by Crippen LogP contribution is 2.22. The van der Waals surface area contributed by atoms with E-state index in [0.717, 1.165) is 9.37 Å². The molecule has 1 aromatic heterocycles. The Hall–Kier alpha value is -1.04. The fraction of sp³-hybridized carbons (Fsp3) is 0.0769. The SMILES string of the molecule is O=C(CSc1ccc(Br)cc1)Nc1cccnc1Cl. The molecule has 2 rings (SSSR count). The van der Waals surface area contributed by atoms with Crippen molar-refractivity contribution in [1.82, 2.24) is 4.98 Å². The number of carbonyl (C=O) groups excluding carboxylic acids is 1. The molecule has 3 nitrogen and oxygen atoms in total.